The molecule has 41 heavy (non-hydrogen) atoms. The molecule has 0 radical (unpaired) electrons. The van der Waals surface area contributed by atoms with Crippen LogP contribution in [-0.4, -0.2) is 42.9 Å². The van der Waals surface area contributed by atoms with Gasteiger partial charge >= 0.3 is 5.97 Å². The lowest BCUT2D eigenvalue weighted by atomic mass is 9.67. The Balaban J connectivity index is 1.72. The number of carbonyl (C=O) groups is 2. The van der Waals surface area contributed by atoms with Gasteiger partial charge in [0.1, 0.15) is 0 Å². The molecule has 0 unspecified atom stereocenters. The van der Waals surface area contributed by atoms with Gasteiger partial charge in [-0.25, -0.2) is 13.1 Å². The molecule has 0 saturated carbocycles. The van der Waals surface area contributed by atoms with Gasteiger partial charge in [-0.05, 0) is 73.7 Å². The summed E-state index contributed by atoms with van der Waals surface area (Å²) in [5.74, 6) is -1.62. The van der Waals surface area contributed by atoms with E-state index < -0.39 is 33.5 Å². The molecule has 3 aromatic rings. The van der Waals surface area contributed by atoms with Crippen molar-refractivity contribution in [2.45, 2.75) is 62.9 Å². The molecule has 4 atom stereocenters. The molecule has 0 bridgehead atoms. The highest BCUT2D eigenvalue weighted by molar-refractivity contribution is 7.89. The van der Waals surface area contributed by atoms with Gasteiger partial charge in [0.2, 0.25) is 15.9 Å². The summed E-state index contributed by atoms with van der Waals surface area (Å²) in [5.41, 5.74) is 1.18. The van der Waals surface area contributed by atoms with Crippen LogP contribution in [0.1, 0.15) is 61.8 Å². The van der Waals surface area contributed by atoms with Gasteiger partial charge in [0.25, 0.3) is 0 Å². The Morgan fingerprint density at radius 1 is 1.05 bits per heavy atom. The number of aryl methyl sites for hydroxylation is 1. The van der Waals surface area contributed by atoms with Crippen LogP contribution in [0.25, 0.3) is 0 Å². The molecule has 1 saturated heterocycles. The van der Waals surface area contributed by atoms with Crippen molar-refractivity contribution in [3.05, 3.63) is 99.5 Å². The molecule has 3 aromatic carbocycles. The maximum atomic E-state index is 14.2. The minimum absolute atomic E-state index is 0.0897. The molecule has 1 fully saturated rings. The van der Waals surface area contributed by atoms with Crippen molar-refractivity contribution in [2.24, 2.45) is 5.41 Å². The minimum Gasteiger partial charge on any atom is -0.481 e. The normalized spacial score (nSPS) is 22.0. The molecule has 1 aliphatic rings. The zero-order chi connectivity index (χ0) is 29.9. The first-order valence-electron chi connectivity index (χ1n) is 13.4. The lowest BCUT2D eigenvalue weighted by Crippen LogP contribution is -2.55. The summed E-state index contributed by atoms with van der Waals surface area (Å²) in [7, 11) is -3.76. The van der Waals surface area contributed by atoms with E-state index in [1.807, 2.05) is 37.3 Å². The highest BCUT2D eigenvalue weighted by atomic mass is 35.5. The van der Waals surface area contributed by atoms with E-state index in [-0.39, 0.29) is 29.7 Å². The van der Waals surface area contributed by atoms with Crippen LogP contribution in [0.4, 0.5) is 0 Å². The third-order valence-corrected chi connectivity index (χ3v) is 9.95. The number of sulfonamides is 1. The van der Waals surface area contributed by atoms with Crippen molar-refractivity contribution in [1.82, 2.24) is 9.62 Å². The first kappa shape index (κ1) is 31.0. The second-order valence-corrected chi connectivity index (χ2v) is 13.6. The molecule has 4 rings (SSSR count). The summed E-state index contributed by atoms with van der Waals surface area (Å²) in [6, 6.07) is 20.5. The molecule has 1 amide bonds. The van der Waals surface area contributed by atoms with Crippen LogP contribution >= 0.6 is 23.2 Å². The monoisotopic (exact) mass is 616 g/mol. The number of hydrogen-bond donors (Lipinski definition) is 2. The number of carbonyl (C=O) groups excluding carboxylic acids is 1. The lowest BCUT2D eigenvalue weighted by Gasteiger charge is -2.51. The average molecular weight is 618 g/mol. The van der Waals surface area contributed by atoms with Gasteiger partial charge in [0.05, 0.1) is 22.8 Å². The fraction of sp³-hybridized carbons (Fsp3) is 0.355. The number of amides is 1. The quantitative estimate of drug-likeness (QED) is 0.267. The number of carboxylic acid groups (broad SMARTS) is 1. The van der Waals surface area contributed by atoms with Crippen LogP contribution < -0.4 is 4.72 Å². The van der Waals surface area contributed by atoms with Crippen LogP contribution in [0.3, 0.4) is 0 Å². The highest BCUT2D eigenvalue weighted by Crippen LogP contribution is 2.52. The van der Waals surface area contributed by atoms with Crippen molar-refractivity contribution >= 4 is 45.1 Å². The van der Waals surface area contributed by atoms with Gasteiger partial charge in [0, 0.05) is 28.5 Å². The van der Waals surface area contributed by atoms with E-state index in [2.05, 4.69) is 4.72 Å². The van der Waals surface area contributed by atoms with Gasteiger partial charge in [-0.2, -0.15) is 0 Å². The van der Waals surface area contributed by atoms with Gasteiger partial charge in [-0.15, -0.1) is 0 Å². The number of rotatable bonds is 10. The Kier molecular flexibility index (Phi) is 9.49. The molecule has 218 valence electrons. The summed E-state index contributed by atoms with van der Waals surface area (Å²) >= 11 is 12.6. The Morgan fingerprint density at radius 2 is 1.73 bits per heavy atom. The van der Waals surface area contributed by atoms with Crippen LogP contribution in [-0.2, 0) is 19.6 Å². The van der Waals surface area contributed by atoms with E-state index in [0.717, 1.165) is 11.1 Å². The first-order chi connectivity index (χ1) is 19.3. The lowest BCUT2D eigenvalue weighted by molar-refractivity contribution is -0.160. The number of carboxylic acids is 1. The summed E-state index contributed by atoms with van der Waals surface area (Å²) in [4.78, 5) is 28.1. The van der Waals surface area contributed by atoms with Gasteiger partial charge < -0.3 is 10.0 Å². The molecule has 10 heteroatoms. The number of likely N-dealkylation sites (tertiary alicyclic amines) is 1. The predicted molar refractivity (Wildman–Crippen MR) is 161 cm³/mol. The summed E-state index contributed by atoms with van der Waals surface area (Å²) in [6.45, 7) is 5.39. The molecule has 1 aliphatic heterocycles. The maximum absolute atomic E-state index is 14.2. The van der Waals surface area contributed by atoms with Crippen molar-refractivity contribution < 1.29 is 23.1 Å². The minimum atomic E-state index is -3.76. The number of nitrogens with one attached hydrogen (secondary N) is 1. The zero-order valence-electron chi connectivity index (χ0n) is 23.2. The molecular formula is C31H34Cl2N2O5S. The molecular weight excluding hydrogens is 583 g/mol. The number of benzene rings is 3. The van der Waals surface area contributed by atoms with E-state index in [1.54, 1.807) is 61.2 Å². The second-order valence-electron chi connectivity index (χ2n) is 11.0. The number of hydrogen-bond acceptors (Lipinski definition) is 4. The first-order valence-corrected chi connectivity index (χ1v) is 15.7. The fourth-order valence-corrected chi connectivity index (χ4v) is 7.46. The number of nitrogens with zero attached hydrogens (tertiary/aromatic N) is 1. The van der Waals surface area contributed by atoms with Gasteiger partial charge in [-0.3, -0.25) is 9.59 Å². The van der Waals surface area contributed by atoms with Crippen molar-refractivity contribution in [3.8, 4) is 0 Å². The number of aliphatic carboxylic acids is 1. The SMILES string of the molecule is Cc1ccccc1S(=O)(=O)NCC[C@H](C)N1C(=O)[C@@](C)(CC(=O)O)C[C@H](c2cccc(Cl)c2)[C@H]1c1ccc(Cl)cc1. The van der Waals surface area contributed by atoms with E-state index >= 15 is 0 Å². The smallest absolute Gasteiger partial charge is 0.304 e. The molecule has 0 spiro atoms. The van der Waals surface area contributed by atoms with E-state index in [4.69, 9.17) is 23.2 Å². The van der Waals surface area contributed by atoms with Crippen molar-refractivity contribution in [3.63, 3.8) is 0 Å². The summed E-state index contributed by atoms with van der Waals surface area (Å²) in [5, 5.41) is 10.9. The summed E-state index contributed by atoms with van der Waals surface area (Å²) in [6.07, 6.45) is 0.278. The van der Waals surface area contributed by atoms with Crippen LogP contribution in [0.5, 0.6) is 0 Å². The van der Waals surface area contributed by atoms with E-state index in [0.29, 0.717) is 28.5 Å². The topological polar surface area (TPSA) is 104 Å². The standard InChI is InChI=1S/C31H34Cl2N2O5S/c1-20-7-4-5-10-27(20)41(39,40)34-16-15-21(2)35-29(22-11-13-24(32)14-12-22)26(23-8-6-9-25(33)17-23)18-31(3,30(35)38)19-28(36)37/h4-14,17,21,26,29,34H,15-16,18-19H2,1-3H3,(H,36,37)/t21-,26+,29+,31+/m0/s1. The molecule has 7 nitrogen and oxygen atoms in total. The average Bonchev–Trinajstić information content (AvgIpc) is 2.90. The fourth-order valence-electron chi connectivity index (χ4n) is 5.84. The third-order valence-electron chi connectivity index (χ3n) is 7.84. The van der Waals surface area contributed by atoms with Crippen molar-refractivity contribution in [2.75, 3.05) is 6.54 Å². The molecule has 2 N–H and O–H groups in total. The Morgan fingerprint density at radius 3 is 2.37 bits per heavy atom. The summed E-state index contributed by atoms with van der Waals surface area (Å²) < 4.78 is 28.7. The van der Waals surface area contributed by atoms with Crippen LogP contribution in [0, 0.1) is 12.3 Å². The molecule has 0 aliphatic carbocycles. The second kappa shape index (κ2) is 12.5. The van der Waals surface area contributed by atoms with Crippen LogP contribution in [0.2, 0.25) is 10.0 Å². The number of piperidine rings is 1. The number of halogens is 2. The Hall–Kier alpha value is -2.91. The Bertz CT molecular complexity index is 1530. The predicted octanol–water partition coefficient (Wildman–Crippen LogP) is 6.60. The maximum Gasteiger partial charge on any atom is 0.304 e. The Labute approximate surface area is 251 Å². The van der Waals surface area contributed by atoms with Gasteiger partial charge in [-0.1, -0.05) is 72.6 Å². The zero-order valence-corrected chi connectivity index (χ0v) is 25.5. The van der Waals surface area contributed by atoms with Crippen LogP contribution in [0.15, 0.2) is 77.7 Å². The highest BCUT2D eigenvalue weighted by Gasteiger charge is 2.51. The van der Waals surface area contributed by atoms with E-state index in [9.17, 15) is 23.1 Å². The third kappa shape index (κ3) is 6.95. The molecule has 0 aromatic heterocycles. The van der Waals surface area contributed by atoms with Crippen molar-refractivity contribution in [1.29, 1.82) is 0 Å². The largest absolute Gasteiger partial charge is 0.481 e. The van der Waals surface area contributed by atoms with E-state index in [1.165, 1.54) is 0 Å². The van der Waals surface area contributed by atoms with Gasteiger partial charge in [0.15, 0.2) is 0 Å². The molecule has 1 heterocycles.